The fraction of sp³-hybridized carbons (Fsp3) is 0.235. The molecule has 3 nitrogen and oxygen atoms in total. The van der Waals surface area contributed by atoms with Crippen molar-refractivity contribution in [2.24, 2.45) is 0 Å². The SMILES string of the molecule is C=CCOc1ccc(-c2[c-]cc(C)c(=O)n2CC(F)F)c(Cl)c1.[Y]. The molecule has 0 fully saturated rings. The molecule has 2 aromatic rings. The molecular weight excluding hydrogens is 413 g/mol. The molecule has 7 heteroatoms. The third kappa shape index (κ3) is 4.98. The van der Waals surface area contributed by atoms with Crippen molar-refractivity contribution in [3.05, 3.63) is 63.9 Å². The van der Waals surface area contributed by atoms with Crippen molar-refractivity contribution in [3.8, 4) is 17.0 Å². The topological polar surface area (TPSA) is 31.2 Å². The van der Waals surface area contributed by atoms with Crippen LogP contribution in [0.15, 0.2) is 41.7 Å². The molecule has 24 heavy (non-hydrogen) atoms. The molecule has 0 saturated heterocycles. The van der Waals surface area contributed by atoms with Gasteiger partial charge in [-0.1, -0.05) is 48.0 Å². The Hall–Kier alpha value is -1.04. The average Bonchev–Trinajstić information content (AvgIpc) is 2.50. The Kier molecular flexibility index (Phi) is 8.27. The van der Waals surface area contributed by atoms with Gasteiger partial charge in [-0.05, 0) is 17.2 Å². The van der Waals surface area contributed by atoms with E-state index >= 15 is 0 Å². The molecule has 0 unspecified atom stereocenters. The Morgan fingerprint density at radius 3 is 2.75 bits per heavy atom. The van der Waals surface area contributed by atoms with Crippen LogP contribution < -0.4 is 10.3 Å². The Bertz CT molecular complexity index is 778. The predicted octanol–water partition coefficient (Wildman–Crippen LogP) is 4.10. The molecular formula is C17H15ClF2NO2Y-. The second kappa shape index (κ2) is 9.45. The first kappa shape index (κ1) is 21.0. The summed E-state index contributed by atoms with van der Waals surface area (Å²) >= 11 is 6.21. The van der Waals surface area contributed by atoms with E-state index < -0.39 is 18.5 Å². The Morgan fingerprint density at radius 1 is 1.46 bits per heavy atom. The van der Waals surface area contributed by atoms with Crippen molar-refractivity contribution < 1.29 is 46.2 Å². The Morgan fingerprint density at radius 2 is 2.17 bits per heavy atom. The summed E-state index contributed by atoms with van der Waals surface area (Å²) in [5.74, 6) is 0.522. The van der Waals surface area contributed by atoms with Crippen LogP contribution in [0, 0.1) is 13.0 Å². The number of pyridine rings is 1. The fourth-order valence-corrected chi connectivity index (χ4v) is 2.36. The molecule has 125 valence electrons. The minimum atomic E-state index is -2.66. The van der Waals surface area contributed by atoms with Crippen molar-refractivity contribution in [1.29, 1.82) is 0 Å². The average molecular weight is 428 g/mol. The second-order valence-corrected chi connectivity index (χ2v) is 5.28. The van der Waals surface area contributed by atoms with E-state index in [1.165, 1.54) is 6.07 Å². The van der Waals surface area contributed by atoms with Crippen LogP contribution in [-0.4, -0.2) is 17.6 Å². The van der Waals surface area contributed by atoms with E-state index in [-0.39, 0.29) is 43.4 Å². The molecule has 0 aliphatic carbocycles. The number of hydrogen-bond donors (Lipinski definition) is 0. The minimum absolute atomic E-state index is 0. The zero-order valence-electron chi connectivity index (χ0n) is 13.1. The first-order chi connectivity index (χ1) is 10.9. The van der Waals surface area contributed by atoms with Crippen molar-refractivity contribution in [1.82, 2.24) is 4.57 Å². The third-order valence-electron chi connectivity index (χ3n) is 3.16. The van der Waals surface area contributed by atoms with Crippen LogP contribution in [0.25, 0.3) is 11.3 Å². The van der Waals surface area contributed by atoms with Gasteiger partial charge in [-0.15, -0.1) is 6.07 Å². The number of halogens is 3. The van der Waals surface area contributed by atoms with Gasteiger partial charge < -0.3 is 9.30 Å². The molecule has 1 heterocycles. The molecule has 0 aliphatic heterocycles. The van der Waals surface area contributed by atoms with E-state index in [1.54, 1.807) is 31.2 Å². The fourth-order valence-electron chi connectivity index (χ4n) is 2.10. The number of ether oxygens (including phenoxy) is 1. The van der Waals surface area contributed by atoms with Gasteiger partial charge in [0, 0.05) is 32.7 Å². The van der Waals surface area contributed by atoms with Crippen LogP contribution >= 0.6 is 11.6 Å². The molecule has 2 rings (SSSR count). The van der Waals surface area contributed by atoms with Gasteiger partial charge in [-0.25, -0.2) is 8.78 Å². The summed E-state index contributed by atoms with van der Waals surface area (Å²) < 4.78 is 31.9. The summed E-state index contributed by atoms with van der Waals surface area (Å²) in [6.45, 7) is 4.71. The molecule has 1 radical (unpaired) electrons. The summed E-state index contributed by atoms with van der Waals surface area (Å²) in [5, 5.41) is 0.286. The first-order valence-electron chi connectivity index (χ1n) is 6.88. The largest absolute Gasteiger partial charge is 0.490 e. The quantitative estimate of drug-likeness (QED) is 0.513. The van der Waals surface area contributed by atoms with E-state index in [2.05, 4.69) is 12.6 Å². The summed E-state index contributed by atoms with van der Waals surface area (Å²) in [6, 6.07) is 9.15. The van der Waals surface area contributed by atoms with Crippen molar-refractivity contribution in [2.75, 3.05) is 6.61 Å². The molecule has 0 amide bonds. The van der Waals surface area contributed by atoms with Gasteiger partial charge in [0.25, 0.3) is 6.43 Å². The maximum Gasteiger partial charge on any atom is 0.256 e. The third-order valence-corrected chi connectivity index (χ3v) is 3.47. The van der Waals surface area contributed by atoms with E-state index in [9.17, 15) is 13.6 Å². The van der Waals surface area contributed by atoms with Crippen molar-refractivity contribution in [2.45, 2.75) is 19.9 Å². The number of alkyl halides is 2. The van der Waals surface area contributed by atoms with Gasteiger partial charge in [0.2, 0.25) is 0 Å². The molecule has 1 aromatic carbocycles. The van der Waals surface area contributed by atoms with Crippen molar-refractivity contribution in [3.63, 3.8) is 0 Å². The molecule has 0 spiro atoms. The molecule has 0 atom stereocenters. The van der Waals surface area contributed by atoms with E-state index in [4.69, 9.17) is 16.3 Å². The molecule has 0 N–H and O–H groups in total. The minimum Gasteiger partial charge on any atom is -0.490 e. The predicted molar refractivity (Wildman–Crippen MR) is 86.4 cm³/mol. The monoisotopic (exact) mass is 427 g/mol. The standard InChI is InChI=1S/C17H15ClF2NO2.Y/c1-3-8-23-12-5-6-13(14(18)9-12)15-7-4-11(2)17(22)21(15)10-16(19)20;/h3-6,9,16H,1,8,10H2,2H3;/q-1;. The van der Waals surface area contributed by atoms with Crippen LogP contribution in [0.1, 0.15) is 5.56 Å². The van der Waals surface area contributed by atoms with Crippen molar-refractivity contribution >= 4 is 11.6 Å². The summed E-state index contributed by atoms with van der Waals surface area (Å²) in [5.41, 5.74) is 0.523. The maximum absolute atomic E-state index is 12.8. The van der Waals surface area contributed by atoms with Gasteiger partial charge >= 0.3 is 0 Å². The van der Waals surface area contributed by atoms with E-state index in [1.807, 2.05) is 0 Å². The van der Waals surface area contributed by atoms with Crippen LogP contribution in [0.4, 0.5) is 8.78 Å². The van der Waals surface area contributed by atoms with Gasteiger partial charge in [0.1, 0.15) is 12.4 Å². The number of aryl methyl sites for hydroxylation is 1. The Balaban J connectivity index is 0.00000288. The number of hydrogen-bond acceptors (Lipinski definition) is 2. The summed E-state index contributed by atoms with van der Waals surface area (Å²) in [7, 11) is 0. The van der Waals surface area contributed by atoms with Gasteiger partial charge in [-0.2, -0.15) is 12.1 Å². The second-order valence-electron chi connectivity index (χ2n) is 4.87. The first-order valence-corrected chi connectivity index (χ1v) is 7.25. The number of benzene rings is 1. The van der Waals surface area contributed by atoms with Gasteiger partial charge in [-0.3, -0.25) is 4.79 Å². The Labute approximate surface area is 169 Å². The number of rotatable bonds is 6. The molecule has 0 bridgehead atoms. The van der Waals surface area contributed by atoms with Gasteiger partial charge in [0.05, 0.1) is 6.54 Å². The number of nitrogens with zero attached hydrogens (tertiary/aromatic N) is 1. The smallest absolute Gasteiger partial charge is 0.256 e. The van der Waals surface area contributed by atoms with Crippen LogP contribution in [0.2, 0.25) is 5.02 Å². The molecule has 1 aromatic heterocycles. The molecule has 0 saturated carbocycles. The van der Waals surface area contributed by atoms with Crippen LogP contribution in [-0.2, 0) is 39.3 Å². The maximum atomic E-state index is 12.8. The zero-order chi connectivity index (χ0) is 17.0. The zero-order valence-corrected chi connectivity index (χ0v) is 16.7. The normalized spacial score (nSPS) is 10.4. The summed E-state index contributed by atoms with van der Waals surface area (Å²) in [6.07, 6.45) is -1.06. The molecule has 0 aliphatic rings. The van der Waals surface area contributed by atoms with Crippen LogP contribution in [0.5, 0.6) is 5.75 Å². The summed E-state index contributed by atoms with van der Waals surface area (Å²) in [4.78, 5) is 12.1. The number of aromatic nitrogens is 1. The van der Waals surface area contributed by atoms with E-state index in [0.717, 1.165) is 4.57 Å². The van der Waals surface area contributed by atoms with E-state index in [0.29, 0.717) is 23.5 Å². The van der Waals surface area contributed by atoms with Gasteiger partial charge in [0.15, 0.2) is 5.56 Å². The van der Waals surface area contributed by atoms with Crippen LogP contribution in [0.3, 0.4) is 0 Å².